The monoisotopic (exact) mass is 955 g/mol. The Morgan fingerprint density at radius 1 is 0.309 bits per heavy atom. The van der Waals surface area contributed by atoms with Crippen LogP contribution in [-0.2, 0) is 28.6 Å². The van der Waals surface area contributed by atoms with E-state index in [2.05, 4.69) is 57.2 Å². The number of allylic oxidation sites excluding steroid dienone is 6. The number of ether oxygens (including phenoxy) is 3. The smallest absolute Gasteiger partial charge is 0.306 e. The van der Waals surface area contributed by atoms with E-state index in [0.717, 1.165) is 83.5 Å². The first-order valence-corrected chi connectivity index (χ1v) is 30.0. The van der Waals surface area contributed by atoms with Crippen LogP contribution < -0.4 is 0 Å². The molecule has 1 unspecified atom stereocenters. The number of rotatable bonds is 55. The molecule has 0 aliphatic carbocycles. The lowest BCUT2D eigenvalue weighted by molar-refractivity contribution is -0.167. The molecule has 0 saturated heterocycles. The van der Waals surface area contributed by atoms with Crippen LogP contribution in [0.15, 0.2) is 36.5 Å². The SMILES string of the molecule is CC/C=C\C/C=C\CCCCCCCC(=O)OCC(COC(=O)CCCCCCCCC/C=C\CCCCCCCCCC)OC(=O)CCCCCCCCCCCCCCCCCCCCC. The van der Waals surface area contributed by atoms with Crippen LogP contribution in [0.2, 0.25) is 0 Å². The van der Waals surface area contributed by atoms with Gasteiger partial charge in [-0.25, -0.2) is 0 Å². The molecule has 0 aliphatic heterocycles. The second-order valence-corrected chi connectivity index (χ2v) is 20.2. The number of hydrogen-bond acceptors (Lipinski definition) is 6. The Morgan fingerprint density at radius 3 is 0.897 bits per heavy atom. The Balaban J connectivity index is 4.30. The number of esters is 3. The van der Waals surface area contributed by atoms with Gasteiger partial charge in [-0.05, 0) is 70.6 Å². The highest BCUT2D eigenvalue weighted by molar-refractivity contribution is 5.71. The van der Waals surface area contributed by atoms with Crippen LogP contribution in [-0.4, -0.2) is 37.2 Å². The Hall–Kier alpha value is -2.37. The fourth-order valence-electron chi connectivity index (χ4n) is 8.89. The first kappa shape index (κ1) is 65.6. The molecule has 6 heteroatoms. The summed E-state index contributed by atoms with van der Waals surface area (Å²) in [5.74, 6) is -0.875. The first-order valence-electron chi connectivity index (χ1n) is 30.0. The topological polar surface area (TPSA) is 78.9 Å². The second-order valence-electron chi connectivity index (χ2n) is 20.2. The molecule has 0 aromatic heterocycles. The normalized spacial score (nSPS) is 12.2. The van der Waals surface area contributed by atoms with Crippen molar-refractivity contribution in [2.24, 2.45) is 0 Å². The molecule has 0 aromatic carbocycles. The molecular weight excluding hydrogens is 841 g/mol. The van der Waals surface area contributed by atoms with Crippen molar-refractivity contribution in [2.75, 3.05) is 13.2 Å². The van der Waals surface area contributed by atoms with E-state index in [-0.39, 0.29) is 31.1 Å². The van der Waals surface area contributed by atoms with Gasteiger partial charge in [0.05, 0.1) is 0 Å². The lowest BCUT2D eigenvalue weighted by Gasteiger charge is -2.18. The van der Waals surface area contributed by atoms with Crippen molar-refractivity contribution < 1.29 is 28.6 Å². The summed E-state index contributed by atoms with van der Waals surface area (Å²) in [6.45, 7) is 6.56. The van der Waals surface area contributed by atoms with E-state index in [1.165, 1.54) is 199 Å². The molecule has 0 heterocycles. The molecule has 0 radical (unpaired) electrons. The van der Waals surface area contributed by atoms with Crippen molar-refractivity contribution in [3.63, 3.8) is 0 Å². The molecule has 6 nitrogen and oxygen atoms in total. The molecule has 0 spiro atoms. The average molecular weight is 956 g/mol. The largest absolute Gasteiger partial charge is 0.462 e. The maximum absolute atomic E-state index is 12.9. The number of hydrogen-bond donors (Lipinski definition) is 0. The van der Waals surface area contributed by atoms with Crippen LogP contribution in [0.4, 0.5) is 0 Å². The van der Waals surface area contributed by atoms with Crippen molar-refractivity contribution in [1.29, 1.82) is 0 Å². The van der Waals surface area contributed by atoms with E-state index in [1.807, 2.05) is 0 Å². The van der Waals surface area contributed by atoms with Gasteiger partial charge in [0.25, 0.3) is 0 Å². The molecule has 0 bridgehead atoms. The molecule has 0 N–H and O–H groups in total. The lowest BCUT2D eigenvalue weighted by Crippen LogP contribution is -2.30. The summed E-state index contributed by atoms with van der Waals surface area (Å²) in [4.78, 5) is 38.2. The predicted octanol–water partition coefficient (Wildman–Crippen LogP) is 20.0. The summed E-state index contributed by atoms with van der Waals surface area (Å²) in [5, 5.41) is 0. The van der Waals surface area contributed by atoms with Crippen molar-refractivity contribution in [3.8, 4) is 0 Å². The van der Waals surface area contributed by atoms with Gasteiger partial charge >= 0.3 is 17.9 Å². The second kappa shape index (κ2) is 57.2. The highest BCUT2D eigenvalue weighted by Crippen LogP contribution is 2.17. The Morgan fingerprint density at radius 2 is 0.574 bits per heavy atom. The Bertz CT molecular complexity index is 1140. The van der Waals surface area contributed by atoms with Gasteiger partial charge in [0, 0.05) is 19.3 Å². The fraction of sp³-hybridized carbons (Fsp3) is 0.855. The molecule has 0 fully saturated rings. The third kappa shape index (κ3) is 54.6. The predicted molar refractivity (Wildman–Crippen MR) is 293 cm³/mol. The molecule has 0 amide bonds. The zero-order valence-electron chi connectivity index (χ0n) is 45.6. The van der Waals surface area contributed by atoms with Gasteiger partial charge < -0.3 is 14.2 Å². The van der Waals surface area contributed by atoms with E-state index in [0.29, 0.717) is 19.3 Å². The van der Waals surface area contributed by atoms with Crippen LogP contribution in [0.1, 0.15) is 323 Å². The number of unbranched alkanes of at least 4 members (excludes halogenated alkanes) is 38. The fourth-order valence-corrected chi connectivity index (χ4v) is 8.89. The lowest BCUT2D eigenvalue weighted by atomic mass is 10.0. The minimum Gasteiger partial charge on any atom is -0.462 e. The minimum atomic E-state index is -0.777. The van der Waals surface area contributed by atoms with Crippen molar-refractivity contribution in [2.45, 2.75) is 329 Å². The molecule has 1 atom stereocenters. The van der Waals surface area contributed by atoms with Gasteiger partial charge in [0.2, 0.25) is 0 Å². The van der Waals surface area contributed by atoms with Gasteiger partial charge in [-0.1, -0.05) is 269 Å². The summed E-state index contributed by atoms with van der Waals surface area (Å²) in [6.07, 6.45) is 68.6. The Labute approximate surface area is 423 Å². The van der Waals surface area contributed by atoms with Gasteiger partial charge in [-0.3, -0.25) is 14.4 Å². The molecular formula is C62H114O6. The Kier molecular flexibility index (Phi) is 55.2. The van der Waals surface area contributed by atoms with E-state index in [1.54, 1.807) is 0 Å². The third-order valence-electron chi connectivity index (χ3n) is 13.4. The van der Waals surface area contributed by atoms with Crippen LogP contribution >= 0.6 is 0 Å². The van der Waals surface area contributed by atoms with E-state index in [4.69, 9.17) is 14.2 Å². The van der Waals surface area contributed by atoms with E-state index >= 15 is 0 Å². The molecule has 0 aliphatic rings. The molecule has 0 saturated carbocycles. The number of carbonyl (C=O) groups is 3. The summed E-state index contributed by atoms with van der Waals surface area (Å²) in [5.41, 5.74) is 0. The third-order valence-corrected chi connectivity index (χ3v) is 13.4. The number of carbonyl (C=O) groups excluding carboxylic acids is 3. The van der Waals surface area contributed by atoms with E-state index in [9.17, 15) is 14.4 Å². The van der Waals surface area contributed by atoms with E-state index < -0.39 is 6.10 Å². The van der Waals surface area contributed by atoms with Crippen LogP contribution in [0.3, 0.4) is 0 Å². The van der Waals surface area contributed by atoms with Crippen LogP contribution in [0.5, 0.6) is 0 Å². The molecule has 68 heavy (non-hydrogen) atoms. The summed E-state index contributed by atoms with van der Waals surface area (Å²) in [7, 11) is 0. The maximum atomic E-state index is 12.9. The highest BCUT2D eigenvalue weighted by atomic mass is 16.6. The van der Waals surface area contributed by atoms with Crippen LogP contribution in [0.25, 0.3) is 0 Å². The van der Waals surface area contributed by atoms with Crippen molar-refractivity contribution >= 4 is 17.9 Å². The van der Waals surface area contributed by atoms with Gasteiger partial charge in [0.15, 0.2) is 6.10 Å². The quantitative estimate of drug-likeness (QED) is 0.0262. The average Bonchev–Trinajstić information content (AvgIpc) is 3.34. The van der Waals surface area contributed by atoms with Crippen LogP contribution in [0, 0.1) is 0 Å². The summed E-state index contributed by atoms with van der Waals surface area (Å²) >= 11 is 0. The van der Waals surface area contributed by atoms with Gasteiger partial charge in [0.1, 0.15) is 13.2 Å². The maximum Gasteiger partial charge on any atom is 0.306 e. The zero-order valence-corrected chi connectivity index (χ0v) is 45.6. The summed E-state index contributed by atoms with van der Waals surface area (Å²) < 4.78 is 16.9. The molecule has 0 rings (SSSR count). The first-order chi connectivity index (χ1) is 33.5. The standard InChI is InChI=1S/C62H114O6/c1-4-7-10-13-16-19-22-25-27-29-31-33-35-37-40-43-46-49-52-55-61(64)67-58-59(57-66-60(63)54-51-48-45-42-39-24-21-18-15-12-9-6-3)68-62(65)56-53-50-47-44-41-38-36-34-32-30-28-26-23-20-17-14-11-8-5-2/h9,12,18,21,29,31,59H,4-8,10-11,13-17,19-20,22-28,30,32-58H2,1-3H3/b12-9-,21-18-,31-29-. The van der Waals surface area contributed by atoms with Gasteiger partial charge in [-0.2, -0.15) is 0 Å². The minimum absolute atomic E-state index is 0.0754. The van der Waals surface area contributed by atoms with Crippen molar-refractivity contribution in [1.82, 2.24) is 0 Å². The molecule has 398 valence electrons. The highest BCUT2D eigenvalue weighted by Gasteiger charge is 2.19. The molecule has 0 aromatic rings. The zero-order chi connectivity index (χ0) is 49.3. The summed E-state index contributed by atoms with van der Waals surface area (Å²) in [6, 6.07) is 0. The van der Waals surface area contributed by atoms with Gasteiger partial charge in [-0.15, -0.1) is 0 Å². The van der Waals surface area contributed by atoms with Crippen molar-refractivity contribution in [3.05, 3.63) is 36.5 Å².